The predicted octanol–water partition coefficient (Wildman–Crippen LogP) is 2.42. The zero-order valence-electron chi connectivity index (χ0n) is 10.8. The largest absolute Gasteiger partial charge is 0.399 e. The topological polar surface area (TPSA) is 38.7 Å². The third kappa shape index (κ3) is 2.10. The summed E-state index contributed by atoms with van der Waals surface area (Å²) in [5.41, 5.74) is 3.12. The molecule has 2 atom stereocenters. The zero-order chi connectivity index (χ0) is 13.2. The Morgan fingerprint density at radius 1 is 1.44 bits per heavy atom. The van der Waals surface area contributed by atoms with Gasteiger partial charge in [0.1, 0.15) is 16.9 Å². The number of nitrogens with zero attached hydrogens (tertiary/aromatic N) is 1. The Morgan fingerprint density at radius 2 is 2.17 bits per heavy atom. The Bertz CT molecular complexity index is 502. The van der Waals surface area contributed by atoms with Gasteiger partial charge in [0.2, 0.25) is 0 Å². The lowest BCUT2D eigenvalue weighted by molar-refractivity contribution is 0.212. The van der Waals surface area contributed by atoms with Gasteiger partial charge in [-0.1, -0.05) is 29.4 Å². The van der Waals surface area contributed by atoms with Crippen molar-refractivity contribution in [3.63, 3.8) is 0 Å². The summed E-state index contributed by atoms with van der Waals surface area (Å²) in [7, 11) is 0.538. The highest BCUT2D eigenvalue weighted by Gasteiger charge is 2.44. The molecule has 0 radical (unpaired) electrons. The normalized spacial score (nSPS) is 26.7. The maximum Gasteiger partial charge on any atom is 0.136 e. The van der Waals surface area contributed by atoms with Crippen LogP contribution in [0.3, 0.4) is 0 Å². The van der Waals surface area contributed by atoms with Gasteiger partial charge in [0, 0.05) is 22.6 Å². The summed E-state index contributed by atoms with van der Waals surface area (Å²) in [6.45, 7) is 0. The molecule has 5 heteroatoms. The molecule has 0 bridgehead atoms. The molecule has 0 spiro atoms. The molecule has 1 aromatic rings. The lowest BCUT2D eigenvalue weighted by Crippen LogP contribution is -2.43. The maximum absolute atomic E-state index is 12.2. The van der Waals surface area contributed by atoms with Crippen molar-refractivity contribution in [2.45, 2.75) is 16.9 Å². The van der Waals surface area contributed by atoms with Gasteiger partial charge in [-0.05, 0) is 24.7 Å². The number of hydrogen-bond acceptors (Lipinski definition) is 4. The van der Waals surface area contributed by atoms with E-state index in [1.165, 1.54) is 12.7 Å². The Labute approximate surface area is 114 Å². The van der Waals surface area contributed by atoms with E-state index in [1.807, 2.05) is 24.5 Å². The monoisotopic (exact) mass is 283 g/mol. The fourth-order valence-corrected chi connectivity index (χ4v) is 4.79. The smallest absolute Gasteiger partial charge is 0.136 e. The second-order valence-electron chi connectivity index (χ2n) is 4.19. The third-order valence-electron chi connectivity index (χ3n) is 3.33. The molecule has 0 saturated heterocycles. The molecule has 0 heterocycles. The SMILES string of the molecule is CO/N=C1\c2ccccc2CCC1(SC)S(C)=O. The van der Waals surface area contributed by atoms with Gasteiger partial charge >= 0.3 is 0 Å². The van der Waals surface area contributed by atoms with E-state index >= 15 is 0 Å². The molecule has 2 rings (SSSR count). The number of benzene rings is 1. The second kappa shape index (κ2) is 5.45. The highest BCUT2D eigenvalue weighted by Crippen LogP contribution is 2.40. The van der Waals surface area contributed by atoms with Crippen LogP contribution < -0.4 is 0 Å². The number of hydrogen-bond donors (Lipinski definition) is 0. The summed E-state index contributed by atoms with van der Waals surface area (Å²) in [4.78, 5) is 4.99. The van der Waals surface area contributed by atoms with Crippen LogP contribution in [-0.2, 0) is 22.1 Å². The molecular formula is C13H17NO2S2. The van der Waals surface area contributed by atoms with E-state index in [1.54, 1.807) is 18.0 Å². The van der Waals surface area contributed by atoms with Gasteiger partial charge in [-0.3, -0.25) is 4.21 Å². The van der Waals surface area contributed by atoms with Crippen LogP contribution in [0.15, 0.2) is 29.4 Å². The standard InChI is InChI=1S/C13H17NO2S2/c1-16-14-12-11-7-5-4-6-10(11)8-9-13(12,17-2)18(3)15/h4-7H,8-9H2,1-3H3/b14-12+. The van der Waals surface area contributed by atoms with Crippen molar-refractivity contribution in [3.8, 4) is 0 Å². The molecule has 0 amide bonds. The van der Waals surface area contributed by atoms with Gasteiger partial charge < -0.3 is 4.84 Å². The molecule has 2 unspecified atom stereocenters. The molecular weight excluding hydrogens is 266 g/mol. The fraction of sp³-hybridized carbons (Fsp3) is 0.462. The number of oxime groups is 1. The lowest BCUT2D eigenvalue weighted by Gasteiger charge is -2.35. The summed E-state index contributed by atoms with van der Waals surface area (Å²) in [5, 5.41) is 4.17. The molecule has 0 N–H and O–H groups in total. The molecule has 0 aromatic heterocycles. The minimum atomic E-state index is -0.997. The predicted molar refractivity (Wildman–Crippen MR) is 78.6 cm³/mol. The number of fused-ring (bicyclic) bond motifs is 1. The first-order valence-electron chi connectivity index (χ1n) is 5.74. The van der Waals surface area contributed by atoms with Crippen LogP contribution in [-0.4, -0.2) is 33.6 Å². The van der Waals surface area contributed by atoms with E-state index in [2.05, 4.69) is 11.2 Å². The molecule has 18 heavy (non-hydrogen) atoms. The van der Waals surface area contributed by atoms with Crippen molar-refractivity contribution in [2.75, 3.05) is 19.6 Å². The summed E-state index contributed by atoms with van der Waals surface area (Å²) < 4.78 is 11.7. The van der Waals surface area contributed by atoms with E-state index < -0.39 is 14.9 Å². The number of thioether (sulfide) groups is 1. The quantitative estimate of drug-likeness (QED) is 0.800. The van der Waals surface area contributed by atoms with E-state index in [-0.39, 0.29) is 0 Å². The molecule has 1 aliphatic carbocycles. The van der Waals surface area contributed by atoms with Crippen LogP contribution in [0, 0.1) is 0 Å². The lowest BCUT2D eigenvalue weighted by atomic mass is 9.89. The fourth-order valence-electron chi connectivity index (χ4n) is 2.40. The average molecular weight is 283 g/mol. The van der Waals surface area contributed by atoms with Gasteiger partial charge in [0.05, 0.1) is 0 Å². The van der Waals surface area contributed by atoms with Gasteiger partial charge in [0.15, 0.2) is 0 Å². The average Bonchev–Trinajstić information content (AvgIpc) is 2.39. The highest BCUT2D eigenvalue weighted by molar-refractivity contribution is 8.13. The van der Waals surface area contributed by atoms with Crippen LogP contribution in [0.2, 0.25) is 0 Å². The van der Waals surface area contributed by atoms with Gasteiger partial charge in [-0.25, -0.2) is 0 Å². The van der Waals surface area contributed by atoms with Crippen molar-refractivity contribution in [2.24, 2.45) is 5.16 Å². The Morgan fingerprint density at radius 3 is 2.78 bits per heavy atom. The zero-order valence-corrected chi connectivity index (χ0v) is 12.4. The summed E-state index contributed by atoms with van der Waals surface area (Å²) in [5.74, 6) is 0. The van der Waals surface area contributed by atoms with Crippen LogP contribution in [0.1, 0.15) is 17.5 Å². The van der Waals surface area contributed by atoms with Crippen molar-refractivity contribution in [1.82, 2.24) is 0 Å². The van der Waals surface area contributed by atoms with Crippen molar-refractivity contribution < 1.29 is 9.05 Å². The second-order valence-corrected chi connectivity index (χ2v) is 7.16. The van der Waals surface area contributed by atoms with Gasteiger partial charge in [-0.15, -0.1) is 11.8 Å². The number of aryl methyl sites for hydroxylation is 1. The Hall–Kier alpha value is -0.810. The van der Waals surface area contributed by atoms with Gasteiger partial charge in [0.25, 0.3) is 0 Å². The van der Waals surface area contributed by atoms with Crippen molar-refractivity contribution >= 4 is 28.3 Å². The Kier molecular flexibility index (Phi) is 4.12. The molecule has 3 nitrogen and oxygen atoms in total. The van der Waals surface area contributed by atoms with E-state index in [0.29, 0.717) is 0 Å². The molecule has 1 aromatic carbocycles. The summed E-state index contributed by atoms with van der Waals surface area (Å²) in [6, 6.07) is 8.14. The third-order valence-corrected chi connectivity index (χ3v) is 6.92. The molecule has 0 fully saturated rings. The van der Waals surface area contributed by atoms with Crippen LogP contribution in [0.25, 0.3) is 0 Å². The molecule has 1 aliphatic rings. The Balaban J connectivity index is 2.61. The summed E-state index contributed by atoms with van der Waals surface area (Å²) in [6.07, 6.45) is 5.49. The van der Waals surface area contributed by atoms with Crippen molar-refractivity contribution in [3.05, 3.63) is 35.4 Å². The van der Waals surface area contributed by atoms with Crippen LogP contribution >= 0.6 is 11.8 Å². The minimum absolute atomic E-state index is 0.454. The van der Waals surface area contributed by atoms with Gasteiger partial charge in [-0.2, -0.15) is 0 Å². The highest BCUT2D eigenvalue weighted by atomic mass is 32.2. The minimum Gasteiger partial charge on any atom is -0.399 e. The van der Waals surface area contributed by atoms with Crippen LogP contribution in [0.4, 0.5) is 0 Å². The van der Waals surface area contributed by atoms with Crippen LogP contribution in [0.5, 0.6) is 0 Å². The molecule has 98 valence electrons. The first-order valence-corrected chi connectivity index (χ1v) is 8.52. The molecule has 0 aliphatic heterocycles. The first kappa shape index (κ1) is 13.6. The van der Waals surface area contributed by atoms with E-state index in [9.17, 15) is 4.21 Å². The maximum atomic E-state index is 12.2. The van der Waals surface area contributed by atoms with Crippen molar-refractivity contribution in [1.29, 1.82) is 0 Å². The van der Waals surface area contributed by atoms with E-state index in [4.69, 9.17) is 4.84 Å². The summed E-state index contributed by atoms with van der Waals surface area (Å²) >= 11 is 1.60. The molecule has 0 saturated carbocycles. The first-order chi connectivity index (χ1) is 8.65. The van der Waals surface area contributed by atoms with E-state index in [0.717, 1.165) is 24.1 Å². The number of rotatable bonds is 3.